The van der Waals surface area contributed by atoms with Crippen LogP contribution in [0.2, 0.25) is 0 Å². The second-order valence-electron chi connectivity index (χ2n) is 5.64. The fourth-order valence-corrected chi connectivity index (χ4v) is 2.63. The number of carbonyl (C=O) groups is 2. The van der Waals surface area contributed by atoms with Crippen molar-refractivity contribution in [1.29, 1.82) is 0 Å². The van der Waals surface area contributed by atoms with Crippen molar-refractivity contribution in [3.05, 3.63) is 35.9 Å². The van der Waals surface area contributed by atoms with E-state index in [1.54, 1.807) is 13.0 Å². The summed E-state index contributed by atoms with van der Waals surface area (Å²) in [6, 6.07) is 7.43. The third-order valence-corrected chi connectivity index (χ3v) is 3.81. The van der Waals surface area contributed by atoms with E-state index in [4.69, 9.17) is 4.74 Å². The zero-order valence-electron chi connectivity index (χ0n) is 13.5. The van der Waals surface area contributed by atoms with Gasteiger partial charge in [0.15, 0.2) is 0 Å². The topological polar surface area (TPSA) is 67.4 Å². The number of benzene rings is 1. The van der Waals surface area contributed by atoms with Crippen LogP contribution >= 0.6 is 0 Å². The number of ether oxygens (including phenoxy) is 1. The van der Waals surface area contributed by atoms with Crippen LogP contribution in [0.4, 0.5) is 10.5 Å². The first-order valence-electron chi connectivity index (χ1n) is 8.20. The molecule has 1 fully saturated rings. The highest BCUT2D eigenvalue weighted by molar-refractivity contribution is 5.90. The van der Waals surface area contributed by atoms with E-state index in [1.165, 1.54) is 25.3 Å². The second kappa shape index (κ2) is 8.98. The minimum atomic E-state index is -0.360. The predicted molar refractivity (Wildman–Crippen MR) is 91.1 cm³/mol. The van der Waals surface area contributed by atoms with Gasteiger partial charge in [-0.15, -0.1) is 0 Å². The summed E-state index contributed by atoms with van der Waals surface area (Å²) in [5.74, 6) is -0.360. The largest absolute Gasteiger partial charge is 0.463 e. The number of nitrogens with one attached hydrogen (secondary N) is 2. The van der Waals surface area contributed by atoms with Crippen molar-refractivity contribution in [2.75, 3.05) is 11.9 Å². The fourth-order valence-electron chi connectivity index (χ4n) is 2.63. The van der Waals surface area contributed by atoms with Gasteiger partial charge in [-0.2, -0.15) is 0 Å². The molecule has 0 aromatic heterocycles. The fraction of sp³-hybridized carbons (Fsp3) is 0.444. The lowest BCUT2D eigenvalue weighted by Gasteiger charge is -2.22. The van der Waals surface area contributed by atoms with Crippen molar-refractivity contribution >= 4 is 23.8 Å². The Bertz CT molecular complexity index is 546. The van der Waals surface area contributed by atoms with E-state index >= 15 is 0 Å². The van der Waals surface area contributed by atoms with Gasteiger partial charge in [0, 0.05) is 17.8 Å². The molecule has 5 nitrogen and oxygen atoms in total. The molecule has 1 aromatic rings. The molecule has 0 radical (unpaired) electrons. The van der Waals surface area contributed by atoms with Crippen molar-refractivity contribution in [3.8, 4) is 0 Å². The van der Waals surface area contributed by atoms with Crippen LogP contribution in [-0.2, 0) is 9.53 Å². The second-order valence-corrected chi connectivity index (χ2v) is 5.64. The third kappa shape index (κ3) is 6.14. The van der Waals surface area contributed by atoms with Gasteiger partial charge in [-0.1, -0.05) is 31.4 Å². The number of rotatable bonds is 5. The molecule has 0 bridgehead atoms. The number of amides is 2. The van der Waals surface area contributed by atoms with Crippen molar-refractivity contribution in [2.45, 2.75) is 45.1 Å². The maximum Gasteiger partial charge on any atom is 0.330 e. The van der Waals surface area contributed by atoms with Gasteiger partial charge in [-0.3, -0.25) is 0 Å². The standard InChI is InChI=1S/C18H24N2O3/c1-2-23-17(21)13-10-14-8-11-16(12-9-14)20-18(22)19-15-6-4-3-5-7-15/h8-13,15H,2-7H2,1H3,(H2,19,20,22)/b13-10+. The molecule has 5 heteroatoms. The van der Waals surface area contributed by atoms with Crippen molar-refractivity contribution in [2.24, 2.45) is 0 Å². The lowest BCUT2D eigenvalue weighted by Crippen LogP contribution is -2.38. The van der Waals surface area contributed by atoms with E-state index in [-0.39, 0.29) is 18.0 Å². The smallest absolute Gasteiger partial charge is 0.330 e. The number of esters is 1. The molecule has 2 amide bonds. The Morgan fingerprint density at radius 3 is 2.52 bits per heavy atom. The molecule has 0 saturated heterocycles. The zero-order valence-corrected chi connectivity index (χ0v) is 13.5. The van der Waals surface area contributed by atoms with Crippen LogP contribution in [0.25, 0.3) is 6.08 Å². The third-order valence-electron chi connectivity index (χ3n) is 3.81. The highest BCUT2D eigenvalue weighted by atomic mass is 16.5. The summed E-state index contributed by atoms with van der Waals surface area (Å²) < 4.78 is 4.82. The van der Waals surface area contributed by atoms with Crippen molar-refractivity contribution < 1.29 is 14.3 Å². The normalized spacial score (nSPS) is 15.3. The van der Waals surface area contributed by atoms with Gasteiger partial charge in [-0.05, 0) is 43.5 Å². The number of urea groups is 1. The summed E-state index contributed by atoms with van der Waals surface area (Å²) in [6.07, 6.45) is 8.83. The predicted octanol–water partition coefficient (Wildman–Crippen LogP) is 3.72. The average Bonchev–Trinajstić information content (AvgIpc) is 2.55. The molecule has 1 aliphatic rings. The summed E-state index contributed by atoms with van der Waals surface area (Å²) in [6.45, 7) is 2.13. The van der Waals surface area contributed by atoms with Gasteiger partial charge in [0.1, 0.15) is 0 Å². The summed E-state index contributed by atoms with van der Waals surface area (Å²) in [4.78, 5) is 23.2. The minimum Gasteiger partial charge on any atom is -0.463 e. The van der Waals surface area contributed by atoms with Crippen LogP contribution in [0.3, 0.4) is 0 Å². The molecule has 124 valence electrons. The van der Waals surface area contributed by atoms with E-state index in [0.717, 1.165) is 24.1 Å². The molecule has 0 heterocycles. The highest BCUT2D eigenvalue weighted by Gasteiger charge is 2.15. The van der Waals surface area contributed by atoms with Crippen LogP contribution in [0.5, 0.6) is 0 Å². The van der Waals surface area contributed by atoms with E-state index < -0.39 is 0 Å². The Kier molecular flexibility index (Phi) is 6.66. The SMILES string of the molecule is CCOC(=O)/C=C/c1ccc(NC(=O)NC2CCCCC2)cc1. The quantitative estimate of drug-likeness (QED) is 0.642. The first-order chi connectivity index (χ1) is 11.2. The maximum absolute atomic E-state index is 12.0. The van der Waals surface area contributed by atoms with Crippen LogP contribution in [0.15, 0.2) is 30.3 Å². The minimum absolute atomic E-state index is 0.160. The van der Waals surface area contributed by atoms with Gasteiger partial charge >= 0.3 is 12.0 Å². The first kappa shape index (κ1) is 17.1. The van der Waals surface area contributed by atoms with E-state index in [0.29, 0.717) is 6.61 Å². The Balaban J connectivity index is 1.82. The molecule has 2 rings (SSSR count). The van der Waals surface area contributed by atoms with Gasteiger partial charge in [0.05, 0.1) is 6.61 Å². The molecular weight excluding hydrogens is 292 g/mol. The van der Waals surface area contributed by atoms with Crippen LogP contribution < -0.4 is 10.6 Å². The van der Waals surface area contributed by atoms with Crippen molar-refractivity contribution in [1.82, 2.24) is 5.32 Å². The molecular formula is C18H24N2O3. The van der Waals surface area contributed by atoms with Gasteiger partial charge in [0.2, 0.25) is 0 Å². The van der Waals surface area contributed by atoms with Crippen LogP contribution in [0, 0.1) is 0 Å². The molecule has 1 aromatic carbocycles. The Hall–Kier alpha value is -2.30. The molecule has 0 unspecified atom stereocenters. The summed E-state index contributed by atoms with van der Waals surface area (Å²) >= 11 is 0. The van der Waals surface area contributed by atoms with Crippen LogP contribution in [-0.4, -0.2) is 24.6 Å². The Morgan fingerprint density at radius 2 is 1.87 bits per heavy atom. The number of hydrogen-bond donors (Lipinski definition) is 2. The van der Waals surface area contributed by atoms with E-state index in [1.807, 2.05) is 24.3 Å². The lowest BCUT2D eigenvalue weighted by molar-refractivity contribution is -0.137. The van der Waals surface area contributed by atoms with Crippen molar-refractivity contribution in [3.63, 3.8) is 0 Å². The van der Waals surface area contributed by atoms with Crippen LogP contribution in [0.1, 0.15) is 44.6 Å². The molecule has 1 aliphatic carbocycles. The summed E-state index contributed by atoms with van der Waals surface area (Å²) in [5.41, 5.74) is 1.60. The molecule has 23 heavy (non-hydrogen) atoms. The number of anilines is 1. The maximum atomic E-state index is 12.0. The molecule has 2 N–H and O–H groups in total. The Labute approximate surface area is 137 Å². The van der Waals surface area contributed by atoms with E-state index in [2.05, 4.69) is 10.6 Å². The summed E-state index contributed by atoms with van der Waals surface area (Å²) in [5, 5.41) is 5.85. The molecule has 0 spiro atoms. The monoisotopic (exact) mass is 316 g/mol. The first-order valence-corrected chi connectivity index (χ1v) is 8.20. The molecule has 1 saturated carbocycles. The number of hydrogen-bond acceptors (Lipinski definition) is 3. The molecule has 0 aliphatic heterocycles. The van der Waals surface area contributed by atoms with Gasteiger partial charge in [-0.25, -0.2) is 9.59 Å². The highest BCUT2D eigenvalue weighted by Crippen LogP contribution is 2.17. The molecule has 0 atom stereocenters. The van der Waals surface area contributed by atoms with E-state index in [9.17, 15) is 9.59 Å². The summed E-state index contributed by atoms with van der Waals surface area (Å²) in [7, 11) is 0. The zero-order chi connectivity index (χ0) is 16.5. The lowest BCUT2D eigenvalue weighted by atomic mass is 9.96. The average molecular weight is 316 g/mol. The Morgan fingerprint density at radius 1 is 1.17 bits per heavy atom. The van der Waals surface area contributed by atoms with Gasteiger partial charge < -0.3 is 15.4 Å². The van der Waals surface area contributed by atoms with Gasteiger partial charge in [0.25, 0.3) is 0 Å². The number of carbonyl (C=O) groups excluding carboxylic acids is 2.